The molecule has 0 aliphatic carbocycles. The highest BCUT2D eigenvalue weighted by molar-refractivity contribution is 6.18. The van der Waals surface area contributed by atoms with Gasteiger partial charge in [-0.3, -0.25) is 4.79 Å². The Morgan fingerprint density at radius 3 is 2.14 bits per heavy atom. The van der Waals surface area contributed by atoms with Crippen LogP contribution < -0.4 is 10.5 Å². The van der Waals surface area contributed by atoms with E-state index in [0.29, 0.717) is 18.7 Å². The Labute approximate surface area is 215 Å². The van der Waals surface area contributed by atoms with Gasteiger partial charge in [-0.25, -0.2) is 0 Å². The summed E-state index contributed by atoms with van der Waals surface area (Å²) in [5.74, 6) is 0.411. The molecule has 180 valence electrons. The van der Waals surface area contributed by atoms with Crippen LogP contribution in [-0.2, 0) is 13.2 Å². The molecule has 0 atom stereocenters. The van der Waals surface area contributed by atoms with Crippen LogP contribution in [0.25, 0.3) is 32.9 Å². The van der Waals surface area contributed by atoms with Crippen molar-refractivity contribution in [2.45, 2.75) is 13.2 Å². The van der Waals surface area contributed by atoms with E-state index >= 15 is 0 Å². The van der Waals surface area contributed by atoms with Gasteiger partial charge >= 0.3 is 0 Å². The summed E-state index contributed by atoms with van der Waals surface area (Å²) >= 11 is 0. The van der Waals surface area contributed by atoms with Crippen LogP contribution in [0, 0.1) is 0 Å². The van der Waals surface area contributed by atoms with Gasteiger partial charge in [0.05, 0.1) is 11.0 Å². The van der Waals surface area contributed by atoms with Gasteiger partial charge in [0.2, 0.25) is 5.91 Å². The van der Waals surface area contributed by atoms with Gasteiger partial charge in [-0.1, -0.05) is 91.0 Å². The summed E-state index contributed by atoms with van der Waals surface area (Å²) in [4.78, 5) is 12.3. The van der Waals surface area contributed by atoms with Crippen molar-refractivity contribution in [3.8, 4) is 16.9 Å². The minimum atomic E-state index is -0.420. The molecule has 4 nitrogen and oxygen atoms in total. The van der Waals surface area contributed by atoms with Gasteiger partial charge in [0, 0.05) is 22.9 Å². The zero-order chi connectivity index (χ0) is 25.2. The van der Waals surface area contributed by atoms with E-state index in [4.69, 9.17) is 10.5 Å². The molecule has 1 amide bonds. The molecule has 0 fully saturated rings. The molecule has 1 aromatic heterocycles. The molecule has 2 N–H and O–H groups in total. The second kappa shape index (κ2) is 9.67. The van der Waals surface area contributed by atoms with Gasteiger partial charge in [0.1, 0.15) is 12.4 Å². The highest BCUT2D eigenvalue weighted by Crippen LogP contribution is 2.35. The number of nitrogens with two attached hydrogens (primary N) is 1. The quantitative estimate of drug-likeness (QED) is 0.262. The van der Waals surface area contributed by atoms with Gasteiger partial charge in [-0.2, -0.15) is 0 Å². The number of carbonyl (C=O) groups is 1. The summed E-state index contributed by atoms with van der Waals surface area (Å²) in [7, 11) is 0. The third-order valence-electron chi connectivity index (χ3n) is 6.78. The van der Waals surface area contributed by atoms with E-state index in [1.807, 2.05) is 54.6 Å². The molecule has 5 aromatic carbocycles. The van der Waals surface area contributed by atoms with Crippen LogP contribution >= 0.6 is 0 Å². The number of fused-ring (bicyclic) bond motifs is 3. The van der Waals surface area contributed by atoms with E-state index in [0.717, 1.165) is 49.8 Å². The Morgan fingerprint density at radius 2 is 1.41 bits per heavy atom. The van der Waals surface area contributed by atoms with Crippen molar-refractivity contribution in [2.75, 3.05) is 0 Å². The molecule has 0 aliphatic heterocycles. The minimum absolute atomic E-state index is 0.420. The maximum atomic E-state index is 12.3. The lowest BCUT2D eigenvalue weighted by Gasteiger charge is -2.11. The largest absolute Gasteiger partial charge is 0.489 e. The second-order valence-corrected chi connectivity index (χ2v) is 9.17. The predicted octanol–water partition coefficient (Wildman–Crippen LogP) is 7.19. The fourth-order valence-corrected chi connectivity index (χ4v) is 4.94. The molecule has 0 radical (unpaired) electrons. The number of hydrogen-bond acceptors (Lipinski definition) is 2. The molecular formula is C33H26N2O2. The number of benzene rings is 5. The van der Waals surface area contributed by atoms with E-state index in [-0.39, 0.29) is 0 Å². The molecule has 0 bridgehead atoms. The van der Waals surface area contributed by atoms with Gasteiger partial charge < -0.3 is 15.0 Å². The van der Waals surface area contributed by atoms with Gasteiger partial charge in [0.15, 0.2) is 0 Å². The fourth-order valence-electron chi connectivity index (χ4n) is 4.94. The molecule has 0 saturated carbocycles. The van der Waals surface area contributed by atoms with Crippen LogP contribution in [0.4, 0.5) is 0 Å². The summed E-state index contributed by atoms with van der Waals surface area (Å²) < 4.78 is 8.24. The fraction of sp³-hybridized carbons (Fsp3) is 0.0606. The number of aromatic nitrogens is 1. The standard InChI is InChI=1S/C33H26N2O2/c34-33(36)29-12-7-13-30-32(29)28-19-16-26(25-10-5-2-6-11-25)20-31(28)35(30)21-23-14-17-27(18-15-23)37-22-24-8-3-1-4-9-24/h1-20H,21-22H2,(H2,34,36). The summed E-state index contributed by atoms with van der Waals surface area (Å²) in [6, 6.07) is 40.8. The van der Waals surface area contributed by atoms with Crippen molar-refractivity contribution in [2.24, 2.45) is 5.73 Å². The highest BCUT2D eigenvalue weighted by Gasteiger charge is 2.17. The number of carbonyl (C=O) groups excluding carboxylic acids is 1. The number of rotatable bonds is 7. The molecule has 0 spiro atoms. The Balaban J connectivity index is 1.39. The average molecular weight is 483 g/mol. The first-order chi connectivity index (χ1) is 18.2. The number of amides is 1. The lowest BCUT2D eigenvalue weighted by atomic mass is 10.0. The summed E-state index contributed by atoms with van der Waals surface area (Å²) in [5.41, 5.74) is 12.9. The highest BCUT2D eigenvalue weighted by atomic mass is 16.5. The molecule has 0 unspecified atom stereocenters. The molecule has 6 rings (SSSR count). The first-order valence-electron chi connectivity index (χ1n) is 12.3. The molecular weight excluding hydrogens is 456 g/mol. The Morgan fingerprint density at radius 1 is 0.676 bits per heavy atom. The maximum Gasteiger partial charge on any atom is 0.249 e. The van der Waals surface area contributed by atoms with Crippen molar-refractivity contribution in [1.82, 2.24) is 4.57 Å². The third-order valence-corrected chi connectivity index (χ3v) is 6.78. The van der Waals surface area contributed by atoms with Crippen molar-refractivity contribution >= 4 is 27.7 Å². The summed E-state index contributed by atoms with van der Waals surface area (Å²) in [6.07, 6.45) is 0. The van der Waals surface area contributed by atoms with Crippen LogP contribution in [0.1, 0.15) is 21.5 Å². The molecule has 0 saturated heterocycles. The van der Waals surface area contributed by atoms with Gasteiger partial charge in [-0.15, -0.1) is 0 Å². The third kappa shape index (κ3) is 4.45. The SMILES string of the molecule is NC(=O)c1cccc2c1c1ccc(-c3ccccc3)cc1n2Cc1ccc(OCc2ccccc2)cc1. The van der Waals surface area contributed by atoms with Crippen molar-refractivity contribution in [1.29, 1.82) is 0 Å². The van der Waals surface area contributed by atoms with Crippen molar-refractivity contribution in [3.05, 3.63) is 138 Å². The van der Waals surface area contributed by atoms with E-state index in [1.165, 1.54) is 0 Å². The van der Waals surface area contributed by atoms with E-state index < -0.39 is 5.91 Å². The van der Waals surface area contributed by atoms with Crippen LogP contribution in [0.15, 0.2) is 121 Å². The molecule has 0 aliphatic rings. The van der Waals surface area contributed by atoms with E-state index in [9.17, 15) is 4.79 Å². The first-order valence-corrected chi connectivity index (χ1v) is 12.3. The molecule has 37 heavy (non-hydrogen) atoms. The Bertz CT molecular complexity index is 1700. The number of ether oxygens (including phenoxy) is 1. The van der Waals surface area contributed by atoms with Crippen molar-refractivity contribution in [3.63, 3.8) is 0 Å². The lowest BCUT2D eigenvalue weighted by Crippen LogP contribution is -2.11. The van der Waals surface area contributed by atoms with Gasteiger partial charge in [0.25, 0.3) is 0 Å². The molecule has 6 aromatic rings. The van der Waals surface area contributed by atoms with E-state index in [1.54, 1.807) is 6.07 Å². The molecule has 4 heteroatoms. The topological polar surface area (TPSA) is 57.2 Å². The van der Waals surface area contributed by atoms with Crippen LogP contribution in [0.3, 0.4) is 0 Å². The monoisotopic (exact) mass is 482 g/mol. The zero-order valence-corrected chi connectivity index (χ0v) is 20.3. The zero-order valence-electron chi connectivity index (χ0n) is 20.3. The Hall–Kier alpha value is -4.83. The Kier molecular flexibility index (Phi) is 5.91. The normalized spacial score (nSPS) is 11.1. The minimum Gasteiger partial charge on any atom is -0.489 e. The average Bonchev–Trinajstić information content (AvgIpc) is 3.26. The van der Waals surface area contributed by atoms with Crippen LogP contribution in [0.2, 0.25) is 0 Å². The summed E-state index contributed by atoms with van der Waals surface area (Å²) in [5, 5.41) is 1.92. The smallest absolute Gasteiger partial charge is 0.249 e. The number of nitrogens with zero attached hydrogens (tertiary/aromatic N) is 1. The maximum absolute atomic E-state index is 12.3. The summed E-state index contributed by atoms with van der Waals surface area (Å²) in [6.45, 7) is 1.19. The van der Waals surface area contributed by atoms with Crippen LogP contribution in [-0.4, -0.2) is 10.5 Å². The number of hydrogen-bond donors (Lipinski definition) is 1. The first kappa shape index (κ1) is 22.6. The van der Waals surface area contributed by atoms with Gasteiger partial charge in [-0.05, 0) is 52.6 Å². The molecule has 1 heterocycles. The lowest BCUT2D eigenvalue weighted by molar-refractivity contribution is 0.100. The van der Waals surface area contributed by atoms with E-state index in [2.05, 4.69) is 65.2 Å². The predicted molar refractivity (Wildman–Crippen MR) is 150 cm³/mol. The number of primary amides is 1. The van der Waals surface area contributed by atoms with Crippen molar-refractivity contribution < 1.29 is 9.53 Å². The van der Waals surface area contributed by atoms with Crippen LogP contribution in [0.5, 0.6) is 5.75 Å². The second-order valence-electron chi connectivity index (χ2n) is 9.17.